The highest BCUT2D eigenvalue weighted by Gasteiger charge is 2.27. The average Bonchev–Trinajstić information content (AvgIpc) is 2.64. The topological polar surface area (TPSA) is 28.2 Å². The third-order valence-electron chi connectivity index (χ3n) is 4.57. The van der Waals surface area contributed by atoms with Gasteiger partial charge >= 0.3 is 0 Å². The summed E-state index contributed by atoms with van der Waals surface area (Å²) in [7, 11) is 1.95. The van der Waals surface area contributed by atoms with Crippen molar-refractivity contribution < 1.29 is 0 Å². The molecule has 0 radical (unpaired) electrons. The summed E-state index contributed by atoms with van der Waals surface area (Å²) >= 11 is 0. The predicted octanol–water partition coefficient (Wildman–Crippen LogP) is 3.77. The van der Waals surface area contributed by atoms with Gasteiger partial charge in [-0.05, 0) is 49.8 Å². The van der Waals surface area contributed by atoms with Gasteiger partial charge in [0.25, 0.3) is 0 Å². The molecule has 1 aliphatic heterocycles. The van der Waals surface area contributed by atoms with E-state index in [0.717, 1.165) is 18.3 Å². The number of likely N-dealkylation sites (tertiary alicyclic amines) is 1. The molecule has 0 saturated carbocycles. The number of pyridine rings is 1. The summed E-state index contributed by atoms with van der Waals surface area (Å²) in [6.07, 6.45) is 5.86. The summed E-state index contributed by atoms with van der Waals surface area (Å²) in [6, 6.07) is 4.22. The van der Waals surface area contributed by atoms with Gasteiger partial charge in [-0.3, -0.25) is 4.90 Å². The molecule has 3 nitrogen and oxygen atoms in total. The number of rotatable bonds is 3. The number of nitrogens with one attached hydrogen (secondary N) is 1. The maximum atomic E-state index is 4.40. The molecule has 2 rings (SSSR count). The van der Waals surface area contributed by atoms with Gasteiger partial charge in [0.2, 0.25) is 0 Å². The first-order valence-corrected chi connectivity index (χ1v) is 7.84. The molecule has 0 spiro atoms. The molecule has 0 aliphatic carbocycles. The van der Waals surface area contributed by atoms with Crippen LogP contribution in [0.3, 0.4) is 0 Å². The Morgan fingerprint density at radius 3 is 2.80 bits per heavy atom. The molecule has 0 bridgehead atoms. The van der Waals surface area contributed by atoms with Crippen molar-refractivity contribution in [2.24, 2.45) is 11.3 Å². The minimum absolute atomic E-state index is 0.445. The van der Waals surface area contributed by atoms with Gasteiger partial charge in [-0.15, -0.1) is 0 Å². The van der Waals surface area contributed by atoms with Crippen LogP contribution in [0.25, 0.3) is 0 Å². The lowest BCUT2D eigenvalue weighted by Crippen LogP contribution is -2.26. The van der Waals surface area contributed by atoms with E-state index < -0.39 is 0 Å². The summed E-state index contributed by atoms with van der Waals surface area (Å²) in [6.45, 7) is 10.6. The second kappa shape index (κ2) is 6.57. The van der Waals surface area contributed by atoms with Crippen LogP contribution in [0.5, 0.6) is 0 Å². The van der Waals surface area contributed by atoms with E-state index in [-0.39, 0.29) is 0 Å². The van der Waals surface area contributed by atoms with Crippen LogP contribution in [0.1, 0.15) is 45.6 Å². The molecule has 1 atom stereocenters. The molecular weight excluding hydrogens is 246 g/mol. The zero-order chi connectivity index (χ0) is 14.6. The molecule has 2 heterocycles. The monoisotopic (exact) mass is 275 g/mol. The lowest BCUT2D eigenvalue weighted by Gasteiger charge is -2.29. The summed E-state index contributed by atoms with van der Waals surface area (Å²) in [5, 5.41) is 3.20. The SMILES string of the molecule is CNc1ncccc1CN1CCCC(C(C)(C)C)CC1. The molecule has 1 aromatic rings. The Kier molecular flexibility index (Phi) is 5.03. The largest absolute Gasteiger partial charge is 0.373 e. The van der Waals surface area contributed by atoms with E-state index in [2.05, 4.69) is 42.0 Å². The van der Waals surface area contributed by atoms with Crippen molar-refractivity contribution in [3.63, 3.8) is 0 Å². The normalized spacial score (nSPS) is 21.5. The second-order valence-corrected chi connectivity index (χ2v) is 7.03. The molecule has 1 saturated heterocycles. The van der Waals surface area contributed by atoms with Crippen molar-refractivity contribution in [3.8, 4) is 0 Å². The summed E-state index contributed by atoms with van der Waals surface area (Å²) < 4.78 is 0. The van der Waals surface area contributed by atoms with E-state index in [9.17, 15) is 0 Å². The van der Waals surface area contributed by atoms with E-state index >= 15 is 0 Å². The summed E-state index contributed by atoms with van der Waals surface area (Å²) in [5.41, 5.74) is 1.75. The Labute approximate surface area is 123 Å². The number of anilines is 1. The minimum atomic E-state index is 0.445. The Morgan fingerprint density at radius 2 is 2.10 bits per heavy atom. The Balaban J connectivity index is 1.97. The zero-order valence-corrected chi connectivity index (χ0v) is 13.4. The van der Waals surface area contributed by atoms with E-state index in [1.54, 1.807) is 0 Å². The average molecular weight is 275 g/mol. The first-order valence-electron chi connectivity index (χ1n) is 7.84. The van der Waals surface area contributed by atoms with E-state index in [0.29, 0.717) is 5.41 Å². The fourth-order valence-electron chi connectivity index (χ4n) is 3.21. The van der Waals surface area contributed by atoms with Gasteiger partial charge in [-0.2, -0.15) is 0 Å². The molecule has 1 N–H and O–H groups in total. The maximum absolute atomic E-state index is 4.40. The third-order valence-corrected chi connectivity index (χ3v) is 4.57. The van der Waals surface area contributed by atoms with Crippen molar-refractivity contribution in [2.75, 3.05) is 25.5 Å². The zero-order valence-electron chi connectivity index (χ0n) is 13.4. The molecule has 1 fully saturated rings. The molecule has 20 heavy (non-hydrogen) atoms. The van der Waals surface area contributed by atoms with Crippen LogP contribution in [0.2, 0.25) is 0 Å². The molecular formula is C17H29N3. The quantitative estimate of drug-likeness (QED) is 0.910. The Morgan fingerprint density at radius 1 is 1.30 bits per heavy atom. The first kappa shape index (κ1) is 15.3. The fraction of sp³-hybridized carbons (Fsp3) is 0.706. The van der Waals surface area contributed by atoms with Crippen LogP contribution in [0.4, 0.5) is 5.82 Å². The van der Waals surface area contributed by atoms with Crippen LogP contribution in [0.15, 0.2) is 18.3 Å². The van der Waals surface area contributed by atoms with Crippen LogP contribution in [-0.4, -0.2) is 30.0 Å². The summed E-state index contributed by atoms with van der Waals surface area (Å²) in [5.74, 6) is 1.87. The molecule has 1 unspecified atom stereocenters. The van der Waals surface area contributed by atoms with E-state index in [1.165, 1.54) is 37.9 Å². The molecule has 1 aromatic heterocycles. The van der Waals surface area contributed by atoms with Gasteiger partial charge < -0.3 is 5.32 Å². The molecule has 112 valence electrons. The highest BCUT2D eigenvalue weighted by Crippen LogP contribution is 2.34. The molecule has 0 aromatic carbocycles. The van der Waals surface area contributed by atoms with E-state index in [1.807, 2.05) is 19.3 Å². The number of nitrogens with zero attached hydrogens (tertiary/aromatic N) is 2. The van der Waals surface area contributed by atoms with Crippen LogP contribution >= 0.6 is 0 Å². The number of hydrogen-bond acceptors (Lipinski definition) is 3. The Hall–Kier alpha value is -1.09. The van der Waals surface area contributed by atoms with Gasteiger partial charge in [0.1, 0.15) is 5.82 Å². The van der Waals surface area contributed by atoms with Gasteiger partial charge in [0.15, 0.2) is 0 Å². The van der Waals surface area contributed by atoms with Crippen molar-refractivity contribution in [2.45, 2.75) is 46.6 Å². The van der Waals surface area contributed by atoms with Crippen molar-refractivity contribution in [3.05, 3.63) is 23.9 Å². The summed E-state index contributed by atoms with van der Waals surface area (Å²) in [4.78, 5) is 6.99. The Bertz CT molecular complexity index is 422. The standard InChI is InChI=1S/C17H29N3/c1-17(2,3)15-8-6-11-20(12-9-15)13-14-7-5-10-19-16(14)18-4/h5,7,10,15H,6,8-9,11-13H2,1-4H3,(H,18,19). The maximum Gasteiger partial charge on any atom is 0.130 e. The number of aromatic nitrogens is 1. The number of hydrogen-bond donors (Lipinski definition) is 1. The molecule has 3 heteroatoms. The van der Waals surface area contributed by atoms with Crippen molar-refractivity contribution in [1.82, 2.24) is 9.88 Å². The third kappa shape index (κ3) is 3.95. The van der Waals surface area contributed by atoms with Crippen LogP contribution in [-0.2, 0) is 6.54 Å². The predicted molar refractivity (Wildman–Crippen MR) is 85.9 cm³/mol. The highest BCUT2D eigenvalue weighted by atomic mass is 15.1. The molecule has 1 aliphatic rings. The van der Waals surface area contributed by atoms with Crippen LogP contribution < -0.4 is 5.32 Å². The van der Waals surface area contributed by atoms with Gasteiger partial charge in [0.05, 0.1) is 0 Å². The lowest BCUT2D eigenvalue weighted by atomic mass is 9.77. The second-order valence-electron chi connectivity index (χ2n) is 7.03. The van der Waals surface area contributed by atoms with Gasteiger partial charge in [-0.25, -0.2) is 4.98 Å². The lowest BCUT2D eigenvalue weighted by molar-refractivity contribution is 0.206. The smallest absolute Gasteiger partial charge is 0.130 e. The van der Waals surface area contributed by atoms with E-state index in [4.69, 9.17) is 0 Å². The van der Waals surface area contributed by atoms with Crippen molar-refractivity contribution >= 4 is 5.82 Å². The van der Waals surface area contributed by atoms with Crippen molar-refractivity contribution in [1.29, 1.82) is 0 Å². The fourth-order valence-corrected chi connectivity index (χ4v) is 3.21. The first-order chi connectivity index (χ1) is 9.50. The van der Waals surface area contributed by atoms with Gasteiger partial charge in [0, 0.05) is 25.4 Å². The molecule has 0 amide bonds. The van der Waals surface area contributed by atoms with Gasteiger partial charge in [-0.1, -0.05) is 26.8 Å². The highest BCUT2D eigenvalue weighted by molar-refractivity contribution is 5.42. The minimum Gasteiger partial charge on any atom is -0.373 e. The van der Waals surface area contributed by atoms with Crippen LogP contribution in [0, 0.1) is 11.3 Å².